The van der Waals surface area contributed by atoms with Gasteiger partial charge in [-0.1, -0.05) is 79.7 Å². The zero-order valence-electron chi connectivity index (χ0n) is 17.6. The fourth-order valence-electron chi connectivity index (χ4n) is 4.14. The number of benzene rings is 4. The predicted molar refractivity (Wildman–Crippen MR) is 133 cm³/mol. The number of nitrogens with zero attached hydrogens (tertiary/aromatic N) is 2. The van der Waals surface area contributed by atoms with Crippen molar-refractivity contribution < 1.29 is 0 Å². The third-order valence-electron chi connectivity index (χ3n) is 5.69. The highest BCUT2D eigenvalue weighted by Crippen LogP contribution is 2.41. The first-order chi connectivity index (χ1) is 14.7. The standard InChI is InChI=1S/C27H28N2Si/c1-2-27(30,28(23-15-7-3-8-16-23)24-17-9-4-10-18-24)29(25-19-11-5-12-20-25)26-21-13-6-14-22-26/h3-22H,2H2,1,30H3. The van der Waals surface area contributed by atoms with E-state index in [-0.39, 0.29) is 5.29 Å². The third kappa shape index (κ3) is 3.89. The average Bonchev–Trinajstić information content (AvgIpc) is 2.82. The van der Waals surface area contributed by atoms with Crippen molar-refractivity contribution in [1.29, 1.82) is 0 Å². The molecule has 30 heavy (non-hydrogen) atoms. The van der Waals surface area contributed by atoms with Gasteiger partial charge in [0.2, 0.25) is 0 Å². The number of anilines is 4. The van der Waals surface area contributed by atoms with Gasteiger partial charge in [-0.05, 0) is 55.0 Å². The molecule has 0 aliphatic rings. The summed E-state index contributed by atoms with van der Waals surface area (Å²) in [6, 6.07) is 43.0. The van der Waals surface area contributed by atoms with Crippen molar-refractivity contribution in [2.24, 2.45) is 0 Å². The van der Waals surface area contributed by atoms with Crippen molar-refractivity contribution in [1.82, 2.24) is 0 Å². The van der Waals surface area contributed by atoms with Crippen LogP contribution in [0.4, 0.5) is 22.7 Å². The zero-order valence-corrected chi connectivity index (χ0v) is 19.6. The molecule has 4 aromatic carbocycles. The van der Waals surface area contributed by atoms with E-state index in [0.717, 1.165) is 16.7 Å². The van der Waals surface area contributed by atoms with E-state index < -0.39 is 0 Å². The molecule has 0 aliphatic carbocycles. The van der Waals surface area contributed by atoms with Crippen LogP contribution in [-0.2, 0) is 0 Å². The van der Waals surface area contributed by atoms with Gasteiger partial charge in [0, 0.05) is 22.7 Å². The van der Waals surface area contributed by atoms with Crippen molar-refractivity contribution >= 4 is 33.0 Å². The van der Waals surface area contributed by atoms with E-state index in [2.05, 4.69) is 138 Å². The Morgan fingerprint density at radius 3 is 0.933 bits per heavy atom. The Labute approximate surface area is 182 Å². The molecule has 3 heteroatoms. The fourth-order valence-corrected chi connectivity index (χ4v) is 5.17. The summed E-state index contributed by atoms with van der Waals surface area (Å²) < 4.78 is 0. The summed E-state index contributed by atoms with van der Waals surface area (Å²) in [6.45, 7) is 2.30. The van der Waals surface area contributed by atoms with Crippen LogP contribution in [0.15, 0.2) is 121 Å². The van der Waals surface area contributed by atoms with Crippen molar-refractivity contribution in [3.05, 3.63) is 121 Å². The van der Waals surface area contributed by atoms with Crippen molar-refractivity contribution in [2.45, 2.75) is 18.6 Å². The summed E-state index contributed by atoms with van der Waals surface area (Å²) in [5.41, 5.74) is 4.82. The Kier molecular flexibility index (Phi) is 6.01. The number of para-hydroxylation sites is 4. The van der Waals surface area contributed by atoms with Crippen molar-refractivity contribution in [3.8, 4) is 0 Å². The van der Waals surface area contributed by atoms with Crippen LogP contribution in [0.25, 0.3) is 0 Å². The van der Waals surface area contributed by atoms with E-state index >= 15 is 0 Å². The summed E-state index contributed by atoms with van der Waals surface area (Å²) in [7, 11) is 0.927. The molecule has 0 radical (unpaired) electrons. The van der Waals surface area contributed by atoms with E-state index in [4.69, 9.17) is 0 Å². The summed E-state index contributed by atoms with van der Waals surface area (Å²) >= 11 is 0. The van der Waals surface area contributed by atoms with Crippen LogP contribution in [0.3, 0.4) is 0 Å². The fraction of sp³-hybridized carbons (Fsp3) is 0.111. The second kappa shape index (κ2) is 9.01. The third-order valence-corrected chi connectivity index (χ3v) is 7.29. The van der Waals surface area contributed by atoms with Gasteiger partial charge in [0.15, 0.2) is 0 Å². The van der Waals surface area contributed by atoms with Crippen LogP contribution in [-0.4, -0.2) is 15.5 Å². The highest BCUT2D eigenvalue weighted by atomic mass is 28.1. The maximum atomic E-state index is 2.51. The molecular weight excluding hydrogens is 380 g/mol. The Hall–Kier alpha value is -3.30. The molecule has 0 saturated heterocycles. The van der Waals surface area contributed by atoms with Gasteiger partial charge < -0.3 is 9.80 Å². The molecule has 150 valence electrons. The SMILES string of the molecule is CCC([SiH3])(N(c1ccccc1)c1ccccc1)N(c1ccccc1)c1ccccc1. The Balaban J connectivity index is 1.95. The van der Waals surface area contributed by atoms with Gasteiger partial charge in [-0.2, -0.15) is 0 Å². The van der Waals surface area contributed by atoms with Gasteiger partial charge in [0.25, 0.3) is 0 Å². The van der Waals surface area contributed by atoms with E-state index in [1.807, 2.05) is 0 Å². The monoisotopic (exact) mass is 408 g/mol. The minimum Gasteiger partial charge on any atom is -0.322 e. The molecule has 0 fully saturated rings. The van der Waals surface area contributed by atoms with Gasteiger partial charge in [0.05, 0.1) is 15.5 Å². The number of hydrogen-bond acceptors (Lipinski definition) is 2. The van der Waals surface area contributed by atoms with Crippen LogP contribution < -0.4 is 9.80 Å². The normalized spacial score (nSPS) is 11.2. The average molecular weight is 409 g/mol. The number of rotatable bonds is 7. The van der Waals surface area contributed by atoms with Gasteiger partial charge in [0.1, 0.15) is 0 Å². The van der Waals surface area contributed by atoms with Crippen molar-refractivity contribution in [3.63, 3.8) is 0 Å². The van der Waals surface area contributed by atoms with E-state index in [0.29, 0.717) is 0 Å². The highest BCUT2D eigenvalue weighted by molar-refractivity contribution is 6.20. The van der Waals surface area contributed by atoms with Gasteiger partial charge >= 0.3 is 0 Å². The van der Waals surface area contributed by atoms with Crippen LogP contribution in [0, 0.1) is 0 Å². The molecule has 0 N–H and O–H groups in total. The lowest BCUT2D eigenvalue weighted by Gasteiger charge is -2.51. The van der Waals surface area contributed by atoms with Gasteiger partial charge in [-0.3, -0.25) is 0 Å². The zero-order chi connectivity index (χ0) is 20.8. The molecule has 0 unspecified atom stereocenters. The molecule has 0 aliphatic heterocycles. The maximum absolute atomic E-state index is 2.51. The summed E-state index contributed by atoms with van der Waals surface area (Å²) in [6.07, 6.45) is 0.979. The number of hydrogen-bond donors (Lipinski definition) is 0. The molecule has 2 nitrogen and oxygen atoms in total. The topological polar surface area (TPSA) is 6.48 Å². The van der Waals surface area contributed by atoms with E-state index in [9.17, 15) is 0 Å². The van der Waals surface area contributed by atoms with E-state index in [1.54, 1.807) is 0 Å². The lowest BCUT2D eigenvalue weighted by atomic mass is 10.1. The minimum atomic E-state index is -0.203. The molecule has 0 bridgehead atoms. The Morgan fingerprint density at radius 2 is 0.733 bits per heavy atom. The predicted octanol–water partition coefficient (Wildman–Crippen LogP) is 6.09. The Morgan fingerprint density at radius 1 is 0.500 bits per heavy atom. The minimum absolute atomic E-state index is 0.203. The first-order valence-electron chi connectivity index (χ1n) is 10.5. The lowest BCUT2D eigenvalue weighted by molar-refractivity contribution is 0.568. The summed E-state index contributed by atoms with van der Waals surface area (Å²) in [5.74, 6) is 0. The largest absolute Gasteiger partial charge is 0.322 e. The molecule has 4 rings (SSSR count). The molecule has 0 amide bonds. The molecule has 0 aromatic heterocycles. The van der Waals surface area contributed by atoms with Crippen LogP contribution in [0.5, 0.6) is 0 Å². The van der Waals surface area contributed by atoms with Gasteiger partial charge in [-0.15, -0.1) is 0 Å². The molecule has 0 saturated carbocycles. The molecule has 0 heterocycles. The van der Waals surface area contributed by atoms with Crippen LogP contribution in [0.1, 0.15) is 13.3 Å². The maximum Gasteiger partial charge on any atom is 0.0979 e. The lowest BCUT2D eigenvalue weighted by Crippen LogP contribution is -2.58. The quantitative estimate of drug-likeness (QED) is 0.270. The van der Waals surface area contributed by atoms with Crippen molar-refractivity contribution in [2.75, 3.05) is 9.80 Å². The van der Waals surface area contributed by atoms with Crippen LogP contribution >= 0.6 is 0 Å². The summed E-state index contributed by atoms with van der Waals surface area (Å²) in [4.78, 5) is 5.03. The molecule has 0 atom stereocenters. The van der Waals surface area contributed by atoms with Crippen LogP contribution in [0.2, 0.25) is 0 Å². The summed E-state index contributed by atoms with van der Waals surface area (Å²) in [5, 5.41) is -0.203. The van der Waals surface area contributed by atoms with E-state index in [1.165, 1.54) is 22.7 Å². The highest BCUT2D eigenvalue weighted by Gasteiger charge is 2.38. The first-order valence-corrected chi connectivity index (χ1v) is 11.5. The second-order valence-electron chi connectivity index (χ2n) is 7.58. The smallest absolute Gasteiger partial charge is 0.0979 e. The molecule has 4 aromatic rings. The molecular formula is C27H28N2Si. The van der Waals surface area contributed by atoms with Gasteiger partial charge in [-0.25, -0.2) is 0 Å². The first kappa shape index (κ1) is 20.0. The second-order valence-corrected chi connectivity index (χ2v) is 9.19. The molecule has 0 spiro atoms. The Bertz CT molecular complexity index is 875.